The molecule has 2 heterocycles. The molecule has 0 aromatic carbocycles. The van der Waals surface area contributed by atoms with E-state index in [2.05, 4.69) is 0 Å². The lowest BCUT2D eigenvalue weighted by Gasteiger charge is -2.40. The molecule has 0 spiro atoms. The predicted octanol–water partition coefficient (Wildman–Crippen LogP) is 0.0170. The Labute approximate surface area is 103 Å². The Morgan fingerprint density at radius 3 is 2.53 bits per heavy atom. The largest absolute Gasteiger partial charge is 0.373 e. The highest BCUT2D eigenvalue weighted by Gasteiger charge is 2.44. The van der Waals surface area contributed by atoms with Gasteiger partial charge in [-0.05, 0) is 27.3 Å². The van der Waals surface area contributed by atoms with Gasteiger partial charge >= 0.3 is 10.3 Å². The maximum atomic E-state index is 11.9. The zero-order valence-corrected chi connectivity index (χ0v) is 11.5. The standard InChI is InChI=1S/C10H20N2O4S/c1-7-5-9-10(8(2)15-7)16-17(13,14)12(4)6-11(9)3/h7-10H,5-6H2,1-4H3/t7-,8-,9?,10?/m0/s1. The van der Waals surface area contributed by atoms with E-state index in [1.54, 1.807) is 0 Å². The molecule has 2 aliphatic heterocycles. The van der Waals surface area contributed by atoms with Gasteiger partial charge < -0.3 is 4.74 Å². The smallest absolute Gasteiger partial charge is 0.339 e. The zero-order chi connectivity index (χ0) is 12.8. The summed E-state index contributed by atoms with van der Waals surface area (Å²) in [5.74, 6) is 0. The lowest BCUT2D eigenvalue weighted by molar-refractivity contribution is -0.122. The van der Waals surface area contributed by atoms with Crippen LogP contribution in [-0.2, 0) is 19.2 Å². The molecule has 2 saturated heterocycles. The van der Waals surface area contributed by atoms with E-state index >= 15 is 0 Å². The van der Waals surface area contributed by atoms with Crippen LogP contribution in [0.15, 0.2) is 0 Å². The number of hydrogen-bond acceptors (Lipinski definition) is 5. The van der Waals surface area contributed by atoms with Crippen molar-refractivity contribution >= 4 is 10.3 Å². The van der Waals surface area contributed by atoms with Gasteiger partial charge in [0, 0.05) is 13.1 Å². The Morgan fingerprint density at radius 1 is 1.24 bits per heavy atom. The molecule has 17 heavy (non-hydrogen) atoms. The molecule has 2 rings (SSSR count). The van der Waals surface area contributed by atoms with Crippen molar-refractivity contribution in [3.63, 3.8) is 0 Å². The normalized spacial score (nSPS) is 44.0. The van der Waals surface area contributed by atoms with Crippen LogP contribution in [0.4, 0.5) is 0 Å². The van der Waals surface area contributed by atoms with Gasteiger partial charge in [0.15, 0.2) is 0 Å². The van der Waals surface area contributed by atoms with E-state index in [0.717, 1.165) is 6.42 Å². The van der Waals surface area contributed by atoms with Crippen molar-refractivity contribution < 1.29 is 17.3 Å². The van der Waals surface area contributed by atoms with E-state index in [1.807, 2.05) is 25.8 Å². The fraction of sp³-hybridized carbons (Fsp3) is 1.00. The van der Waals surface area contributed by atoms with Crippen LogP contribution in [0.2, 0.25) is 0 Å². The Balaban J connectivity index is 2.30. The third-order valence-electron chi connectivity index (χ3n) is 3.47. The molecule has 0 N–H and O–H groups in total. The summed E-state index contributed by atoms with van der Waals surface area (Å²) < 4.78 is 35.9. The van der Waals surface area contributed by atoms with Crippen LogP contribution in [0.5, 0.6) is 0 Å². The SMILES string of the molecule is C[C@@H]1O[C@@H](C)CC2C1OS(=O)(=O)N(C)CN2C. The number of rotatable bonds is 0. The predicted molar refractivity (Wildman–Crippen MR) is 62.6 cm³/mol. The highest BCUT2D eigenvalue weighted by molar-refractivity contribution is 7.84. The summed E-state index contributed by atoms with van der Waals surface area (Å²) in [6, 6.07) is 0.0773. The van der Waals surface area contributed by atoms with Crippen LogP contribution in [0.25, 0.3) is 0 Å². The topological polar surface area (TPSA) is 59.1 Å². The van der Waals surface area contributed by atoms with Gasteiger partial charge in [-0.25, -0.2) is 0 Å². The summed E-state index contributed by atoms with van der Waals surface area (Å²) in [7, 11) is -0.194. The molecular formula is C10H20N2O4S. The van der Waals surface area contributed by atoms with Crippen LogP contribution in [-0.4, -0.2) is 62.7 Å². The van der Waals surface area contributed by atoms with Gasteiger partial charge in [0.25, 0.3) is 0 Å². The van der Waals surface area contributed by atoms with E-state index in [9.17, 15) is 8.42 Å². The first-order chi connectivity index (χ1) is 7.81. The van der Waals surface area contributed by atoms with E-state index in [4.69, 9.17) is 8.92 Å². The number of ether oxygens (including phenoxy) is 1. The summed E-state index contributed by atoms with van der Waals surface area (Å²) in [5, 5.41) is 0. The van der Waals surface area contributed by atoms with Gasteiger partial charge in [-0.15, -0.1) is 0 Å². The first-order valence-electron chi connectivity index (χ1n) is 5.81. The average Bonchev–Trinajstić information content (AvgIpc) is 2.27. The molecule has 2 fully saturated rings. The van der Waals surface area contributed by atoms with Crippen LogP contribution in [0.3, 0.4) is 0 Å². The molecule has 0 aromatic heterocycles. The highest BCUT2D eigenvalue weighted by Crippen LogP contribution is 2.29. The molecule has 0 aliphatic carbocycles. The zero-order valence-electron chi connectivity index (χ0n) is 10.7. The van der Waals surface area contributed by atoms with Gasteiger partial charge in [-0.2, -0.15) is 12.7 Å². The Bertz CT molecular complexity index is 386. The quantitative estimate of drug-likeness (QED) is 0.617. The second kappa shape index (κ2) is 4.47. The molecule has 4 atom stereocenters. The fourth-order valence-corrected chi connectivity index (χ4v) is 3.60. The third-order valence-corrected chi connectivity index (χ3v) is 4.81. The first-order valence-corrected chi connectivity index (χ1v) is 7.18. The Morgan fingerprint density at radius 2 is 1.88 bits per heavy atom. The number of nitrogens with zero attached hydrogens (tertiary/aromatic N) is 2. The minimum absolute atomic E-state index is 0.0773. The second-order valence-corrected chi connectivity index (χ2v) is 6.64. The molecule has 2 unspecified atom stereocenters. The number of likely N-dealkylation sites (N-methyl/N-ethyl adjacent to an activating group) is 1. The second-order valence-electron chi connectivity index (χ2n) is 4.97. The number of fused-ring (bicyclic) bond motifs is 1. The molecule has 0 radical (unpaired) electrons. The maximum absolute atomic E-state index is 11.9. The summed E-state index contributed by atoms with van der Waals surface area (Å²) in [5.41, 5.74) is 0. The van der Waals surface area contributed by atoms with E-state index in [-0.39, 0.29) is 18.2 Å². The molecular weight excluding hydrogens is 244 g/mol. The van der Waals surface area contributed by atoms with Gasteiger partial charge in [0.2, 0.25) is 0 Å². The molecule has 6 nitrogen and oxygen atoms in total. The van der Waals surface area contributed by atoms with E-state index < -0.39 is 16.4 Å². The average molecular weight is 264 g/mol. The molecule has 0 aromatic rings. The first kappa shape index (κ1) is 13.2. The van der Waals surface area contributed by atoms with Gasteiger partial charge in [0.05, 0.1) is 18.9 Å². The van der Waals surface area contributed by atoms with Crippen molar-refractivity contribution in [2.45, 2.75) is 44.6 Å². The summed E-state index contributed by atoms with van der Waals surface area (Å²) in [4.78, 5) is 2.02. The molecule has 0 bridgehead atoms. The summed E-state index contributed by atoms with van der Waals surface area (Å²) >= 11 is 0. The number of hydrogen-bond donors (Lipinski definition) is 0. The lowest BCUT2D eigenvalue weighted by atomic mass is 9.96. The highest BCUT2D eigenvalue weighted by atomic mass is 32.2. The Hall–Kier alpha value is -0.210. The molecule has 7 heteroatoms. The van der Waals surface area contributed by atoms with Crippen molar-refractivity contribution in [2.75, 3.05) is 20.8 Å². The molecule has 0 saturated carbocycles. The van der Waals surface area contributed by atoms with Crippen molar-refractivity contribution in [3.05, 3.63) is 0 Å². The molecule has 2 aliphatic rings. The van der Waals surface area contributed by atoms with Crippen LogP contribution < -0.4 is 0 Å². The van der Waals surface area contributed by atoms with Gasteiger partial charge in [-0.1, -0.05) is 0 Å². The minimum atomic E-state index is -3.64. The minimum Gasteiger partial charge on any atom is -0.373 e. The molecule has 0 amide bonds. The van der Waals surface area contributed by atoms with Crippen LogP contribution in [0, 0.1) is 0 Å². The lowest BCUT2D eigenvalue weighted by Crippen LogP contribution is -2.53. The van der Waals surface area contributed by atoms with Crippen LogP contribution >= 0.6 is 0 Å². The van der Waals surface area contributed by atoms with E-state index in [1.165, 1.54) is 11.4 Å². The van der Waals surface area contributed by atoms with Gasteiger partial charge in [0.1, 0.15) is 6.10 Å². The van der Waals surface area contributed by atoms with Gasteiger partial charge in [-0.3, -0.25) is 9.08 Å². The van der Waals surface area contributed by atoms with Crippen molar-refractivity contribution in [1.82, 2.24) is 9.21 Å². The van der Waals surface area contributed by atoms with Crippen molar-refractivity contribution in [1.29, 1.82) is 0 Å². The fourth-order valence-electron chi connectivity index (χ4n) is 2.56. The monoisotopic (exact) mass is 264 g/mol. The maximum Gasteiger partial charge on any atom is 0.339 e. The molecule has 100 valence electrons. The van der Waals surface area contributed by atoms with E-state index in [0.29, 0.717) is 6.67 Å². The summed E-state index contributed by atoms with van der Waals surface area (Å²) in [6.07, 6.45) is 0.275. The van der Waals surface area contributed by atoms with Crippen molar-refractivity contribution in [2.24, 2.45) is 0 Å². The van der Waals surface area contributed by atoms with Crippen molar-refractivity contribution in [3.8, 4) is 0 Å². The summed E-state index contributed by atoms with van der Waals surface area (Å²) in [6.45, 7) is 4.22. The Kier molecular flexibility index (Phi) is 3.48. The van der Waals surface area contributed by atoms with Crippen LogP contribution in [0.1, 0.15) is 20.3 Å². The third kappa shape index (κ3) is 2.48.